The van der Waals surface area contributed by atoms with Crippen molar-refractivity contribution in [1.29, 1.82) is 0 Å². The van der Waals surface area contributed by atoms with Crippen LogP contribution in [-0.4, -0.2) is 35.9 Å². The molecule has 0 fully saturated rings. The van der Waals surface area contributed by atoms with E-state index in [9.17, 15) is 26.7 Å². The van der Waals surface area contributed by atoms with Gasteiger partial charge in [-0.1, -0.05) is 51.2 Å². The van der Waals surface area contributed by atoms with E-state index in [0.717, 1.165) is 17.7 Å². The van der Waals surface area contributed by atoms with E-state index < -0.39 is 54.2 Å². The minimum atomic E-state index is -4.87. The van der Waals surface area contributed by atoms with Gasteiger partial charge in [0.05, 0.1) is 0 Å². The molecule has 0 unspecified atom stereocenters. The van der Waals surface area contributed by atoms with Gasteiger partial charge in [0, 0.05) is 32.7 Å². The van der Waals surface area contributed by atoms with Gasteiger partial charge in [-0.2, -0.15) is 13.2 Å². The minimum Gasteiger partial charge on any atom is -0.452 e. The smallest absolute Gasteiger partial charge is 0.425 e. The van der Waals surface area contributed by atoms with Gasteiger partial charge in [0.15, 0.2) is 6.10 Å². The van der Waals surface area contributed by atoms with Crippen LogP contribution in [0.25, 0.3) is 0 Å². The molecule has 2 heterocycles. The number of hydrogen-bond acceptors (Lipinski definition) is 5. The summed E-state index contributed by atoms with van der Waals surface area (Å²) in [5.74, 6) is -1.60. The van der Waals surface area contributed by atoms with Crippen LogP contribution in [0, 0.1) is 5.82 Å². The lowest BCUT2D eigenvalue weighted by Gasteiger charge is -2.36. The van der Waals surface area contributed by atoms with Crippen molar-refractivity contribution in [1.82, 2.24) is 4.98 Å². The van der Waals surface area contributed by atoms with Gasteiger partial charge >= 0.3 is 6.18 Å². The number of nitrogens with two attached hydrogens (primary N) is 1. The third kappa shape index (κ3) is 5.66. The number of nitrogens with zero attached hydrogens (tertiary/aromatic N) is 2. The van der Waals surface area contributed by atoms with Gasteiger partial charge in [0.2, 0.25) is 0 Å². The maximum absolute atomic E-state index is 14.7. The van der Waals surface area contributed by atoms with E-state index in [1.807, 2.05) is 6.07 Å². The average molecular weight is 694 g/mol. The molecular weight excluding hydrogens is 677 g/mol. The number of ether oxygens (including phenoxy) is 1. The van der Waals surface area contributed by atoms with Crippen LogP contribution in [0.15, 0.2) is 35.5 Å². The number of rotatable bonds is 6. The van der Waals surface area contributed by atoms with E-state index in [2.05, 4.69) is 65.2 Å². The fourth-order valence-corrected chi connectivity index (χ4v) is 4.37. The lowest BCUT2D eigenvalue weighted by Crippen LogP contribution is -2.48. The zero-order valence-corrected chi connectivity index (χ0v) is 21.0. The lowest BCUT2D eigenvalue weighted by molar-refractivity contribution is -0.209. The lowest BCUT2D eigenvalue weighted by atomic mass is 9.84. The molecule has 1 amide bonds. The quantitative estimate of drug-likeness (QED) is 0.248. The van der Waals surface area contributed by atoms with Crippen molar-refractivity contribution in [3.8, 4) is 0 Å². The zero-order chi connectivity index (χ0) is 24.4. The molecule has 0 spiro atoms. The minimum absolute atomic E-state index is 0.0345. The molecule has 3 N–H and O–H groups in total. The SMILES string of the molecule is NC1=N[C@](CF)(c2cc(NC(=O)c3ncc(CI)cc3CI)ccc2F)C[C@@H](C(F)(F)F)O1. The van der Waals surface area contributed by atoms with Gasteiger partial charge < -0.3 is 15.8 Å². The van der Waals surface area contributed by atoms with Crippen molar-refractivity contribution in [2.75, 3.05) is 12.0 Å². The topological polar surface area (TPSA) is 89.6 Å². The van der Waals surface area contributed by atoms with E-state index in [4.69, 9.17) is 5.73 Å². The molecule has 2 atom stereocenters. The number of amides is 1. The summed E-state index contributed by atoms with van der Waals surface area (Å²) in [7, 11) is 0. The highest BCUT2D eigenvalue weighted by Gasteiger charge is 2.52. The highest BCUT2D eigenvalue weighted by Crippen LogP contribution is 2.42. The second-order valence-corrected chi connectivity index (χ2v) is 8.76. The molecule has 1 aliphatic rings. The number of carbonyl (C=O) groups excluding carboxylic acids is 1. The second kappa shape index (κ2) is 10.2. The number of aromatic nitrogens is 1. The predicted molar refractivity (Wildman–Crippen MR) is 129 cm³/mol. The Kier molecular flexibility index (Phi) is 8.01. The summed E-state index contributed by atoms with van der Waals surface area (Å²) < 4.78 is 74.3. The van der Waals surface area contributed by atoms with Crippen molar-refractivity contribution in [2.24, 2.45) is 10.7 Å². The Morgan fingerprint density at radius 1 is 1.27 bits per heavy atom. The second-order valence-electron chi connectivity index (χ2n) is 7.23. The maximum Gasteiger partial charge on any atom is 0.425 e. The standard InChI is InChI=1S/C20H17F5I2N4O2/c21-9-19(5-15(20(23,24)25)33-18(28)31-19)13-4-12(1-2-14(13)22)30-17(32)16-11(7-27)3-10(6-26)8-29-16/h1-4,8,15H,5-7,9H2,(H2,28,31)(H,30,32)/t15-,19+/m0/s1. The maximum atomic E-state index is 14.7. The number of nitrogens with one attached hydrogen (secondary N) is 1. The van der Waals surface area contributed by atoms with Gasteiger partial charge in [-0.05, 0) is 29.3 Å². The van der Waals surface area contributed by atoms with E-state index >= 15 is 0 Å². The largest absolute Gasteiger partial charge is 0.452 e. The molecule has 1 aliphatic heterocycles. The number of pyridine rings is 1. The Morgan fingerprint density at radius 2 is 2.00 bits per heavy atom. The number of halogens is 7. The van der Waals surface area contributed by atoms with Crippen molar-refractivity contribution in [3.05, 3.63) is 58.7 Å². The van der Waals surface area contributed by atoms with Gasteiger partial charge in [0.1, 0.15) is 23.7 Å². The normalized spacial score (nSPS) is 20.7. The summed E-state index contributed by atoms with van der Waals surface area (Å²) in [5, 5.41) is 2.54. The van der Waals surface area contributed by atoms with Crippen molar-refractivity contribution >= 4 is 62.8 Å². The number of carbonyl (C=O) groups is 1. The molecule has 33 heavy (non-hydrogen) atoms. The number of aliphatic imine (C=N–C) groups is 1. The van der Waals surface area contributed by atoms with E-state index in [1.54, 1.807) is 6.20 Å². The first-order chi connectivity index (χ1) is 15.5. The molecule has 178 valence electrons. The average Bonchev–Trinajstić information content (AvgIpc) is 2.78. The summed E-state index contributed by atoms with van der Waals surface area (Å²) in [6.07, 6.45) is -6.78. The van der Waals surface area contributed by atoms with E-state index in [-0.39, 0.29) is 11.4 Å². The fraction of sp³-hybridized carbons (Fsp3) is 0.350. The highest BCUT2D eigenvalue weighted by atomic mass is 127. The van der Waals surface area contributed by atoms with Crippen LogP contribution in [0.2, 0.25) is 0 Å². The summed E-state index contributed by atoms with van der Waals surface area (Å²) in [6.45, 7) is -1.46. The summed E-state index contributed by atoms with van der Waals surface area (Å²) >= 11 is 4.25. The highest BCUT2D eigenvalue weighted by molar-refractivity contribution is 14.1. The fourth-order valence-electron chi connectivity index (χ4n) is 3.38. The Bertz CT molecular complexity index is 1080. The Labute approximate surface area is 212 Å². The number of benzene rings is 1. The van der Waals surface area contributed by atoms with Gasteiger partial charge in [0.25, 0.3) is 11.9 Å². The zero-order valence-electron chi connectivity index (χ0n) is 16.7. The van der Waals surface area contributed by atoms with Crippen molar-refractivity contribution in [3.63, 3.8) is 0 Å². The van der Waals surface area contributed by atoms with Crippen molar-refractivity contribution < 1.29 is 31.5 Å². The molecule has 13 heteroatoms. The van der Waals surface area contributed by atoms with Crippen LogP contribution in [0.5, 0.6) is 0 Å². The van der Waals surface area contributed by atoms with Crippen LogP contribution in [0.4, 0.5) is 27.6 Å². The predicted octanol–water partition coefficient (Wildman–Crippen LogP) is 5.17. The van der Waals surface area contributed by atoms with Crippen LogP contribution in [-0.2, 0) is 19.1 Å². The molecule has 0 radical (unpaired) electrons. The molecule has 2 aromatic rings. The summed E-state index contributed by atoms with van der Waals surface area (Å²) in [4.78, 5) is 20.7. The molecular formula is C20H17F5I2N4O2. The van der Waals surface area contributed by atoms with Gasteiger partial charge in [-0.15, -0.1) is 0 Å². The molecule has 0 saturated heterocycles. The van der Waals surface area contributed by atoms with Gasteiger partial charge in [-0.25, -0.2) is 13.8 Å². The molecule has 0 aliphatic carbocycles. The van der Waals surface area contributed by atoms with Crippen LogP contribution >= 0.6 is 45.2 Å². The third-order valence-corrected chi connectivity index (χ3v) is 6.66. The van der Waals surface area contributed by atoms with Crippen molar-refractivity contribution in [2.45, 2.75) is 33.1 Å². The first-order valence-corrected chi connectivity index (χ1v) is 12.4. The number of anilines is 1. The monoisotopic (exact) mass is 694 g/mol. The summed E-state index contributed by atoms with van der Waals surface area (Å²) in [6, 6.07) is 4.11. The number of amidine groups is 1. The Hall–Kier alpha value is -1.78. The molecule has 1 aromatic heterocycles. The van der Waals surface area contributed by atoms with Crippen LogP contribution in [0.3, 0.4) is 0 Å². The number of hydrogen-bond donors (Lipinski definition) is 2. The first kappa shape index (κ1) is 25.8. The molecule has 0 saturated carbocycles. The third-order valence-electron chi connectivity index (χ3n) is 4.96. The Balaban J connectivity index is 1.97. The van der Waals surface area contributed by atoms with E-state index in [0.29, 0.717) is 14.4 Å². The Morgan fingerprint density at radius 3 is 2.61 bits per heavy atom. The van der Waals surface area contributed by atoms with Gasteiger partial charge in [-0.3, -0.25) is 9.78 Å². The molecule has 6 nitrogen and oxygen atoms in total. The first-order valence-electron chi connectivity index (χ1n) is 9.38. The van der Waals surface area contributed by atoms with Crippen LogP contribution < -0.4 is 11.1 Å². The molecule has 0 bridgehead atoms. The molecule has 1 aromatic carbocycles. The van der Waals surface area contributed by atoms with E-state index in [1.165, 1.54) is 6.07 Å². The summed E-state index contributed by atoms with van der Waals surface area (Å²) in [5.41, 5.74) is 4.42. The number of alkyl halides is 6. The molecule has 3 rings (SSSR count). The van der Waals surface area contributed by atoms with Crippen LogP contribution in [0.1, 0.15) is 33.6 Å².